The van der Waals surface area contributed by atoms with Crippen molar-refractivity contribution in [2.24, 2.45) is 0 Å². The number of hydrogen-bond acceptors (Lipinski definition) is 7. The summed E-state index contributed by atoms with van der Waals surface area (Å²) in [7, 11) is 1.60. The van der Waals surface area contributed by atoms with Crippen molar-refractivity contribution in [2.45, 2.75) is 19.5 Å². The summed E-state index contributed by atoms with van der Waals surface area (Å²) in [5.74, 6) is 1.78. The summed E-state index contributed by atoms with van der Waals surface area (Å²) in [5, 5.41) is 14.2. The van der Waals surface area contributed by atoms with Gasteiger partial charge in [-0.15, -0.1) is 0 Å². The Labute approximate surface area is 189 Å². The number of piperazine rings is 1. The Morgan fingerprint density at radius 2 is 1.78 bits per heavy atom. The van der Waals surface area contributed by atoms with Gasteiger partial charge in [-0.2, -0.15) is 0 Å². The number of ether oxygens (including phenoxy) is 1. The Kier molecular flexibility index (Phi) is 7.53. The molecule has 7 nitrogen and oxygen atoms in total. The van der Waals surface area contributed by atoms with E-state index in [1.807, 2.05) is 48.8 Å². The lowest BCUT2D eigenvalue weighted by Gasteiger charge is -2.35. The van der Waals surface area contributed by atoms with Crippen molar-refractivity contribution < 1.29 is 9.84 Å². The van der Waals surface area contributed by atoms with E-state index >= 15 is 0 Å². The first-order valence-electron chi connectivity index (χ1n) is 11.1. The van der Waals surface area contributed by atoms with Gasteiger partial charge < -0.3 is 20.1 Å². The van der Waals surface area contributed by atoms with Gasteiger partial charge in [0.15, 0.2) is 11.5 Å². The molecule has 0 radical (unpaired) electrons. The van der Waals surface area contributed by atoms with Gasteiger partial charge in [0.05, 0.1) is 7.11 Å². The smallest absolute Gasteiger partial charge is 0.162 e. The van der Waals surface area contributed by atoms with Gasteiger partial charge in [-0.3, -0.25) is 9.88 Å². The maximum absolute atomic E-state index is 10.7. The third-order valence-electron chi connectivity index (χ3n) is 5.79. The third-order valence-corrected chi connectivity index (χ3v) is 5.79. The molecular formula is C25H31N5O2. The van der Waals surface area contributed by atoms with Crippen molar-refractivity contribution in [3.05, 3.63) is 77.7 Å². The molecule has 2 N–H and O–H groups in total. The largest absolute Gasteiger partial charge is 0.504 e. The van der Waals surface area contributed by atoms with Crippen LogP contribution >= 0.6 is 0 Å². The van der Waals surface area contributed by atoms with Crippen molar-refractivity contribution in [3.8, 4) is 11.5 Å². The molecule has 0 amide bonds. The van der Waals surface area contributed by atoms with Crippen LogP contribution in [0.25, 0.3) is 0 Å². The van der Waals surface area contributed by atoms with Gasteiger partial charge in [-0.25, -0.2) is 4.98 Å². The number of methoxy groups -OCH3 is 1. The van der Waals surface area contributed by atoms with Gasteiger partial charge in [0.1, 0.15) is 5.82 Å². The molecule has 0 unspecified atom stereocenters. The average Bonchev–Trinajstić information content (AvgIpc) is 2.85. The number of phenolic OH excluding ortho intramolecular Hbond substituents is 1. The highest BCUT2D eigenvalue weighted by Gasteiger charge is 2.20. The second-order valence-electron chi connectivity index (χ2n) is 8.00. The summed E-state index contributed by atoms with van der Waals surface area (Å²) in [6, 6.07) is 16.0. The number of phenols is 1. The van der Waals surface area contributed by atoms with E-state index < -0.39 is 0 Å². The van der Waals surface area contributed by atoms with Crippen LogP contribution in [-0.2, 0) is 19.5 Å². The van der Waals surface area contributed by atoms with Gasteiger partial charge in [0.25, 0.3) is 0 Å². The Morgan fingerprint density at radius 1 is 1.00 bits per heavy atom. The van der Waals surface area contributed by atoms with Crippen molar-refractivity contribution in [3.63, 3.8) is 0 Å². The maximum Gasteiger partial charge on any atom is 0.162 e. The molecule has 0 bridgehead atoms. The zero-order valence-electron chi connectivity index (χ0n) is 18.6. The lowest BCUT2D eigenvalue weighted by Crippen LogP contribution is -2.46. The Balaban J connectivity index is 1.33. The van der Waals surface area contributed by atoms with E-state index in [1.54, 1.807) is 7.11 Å². The first kappa shape index (κ1) is 22.0. The fourth-order valence-electron chi connectivity index (χ4n) is 4.02. The molecule has 3 aromatic rings. The molecule has 1 saturated heterocycles. The van der Waals surface area contributed by atoms with E-state index in [1.165, 1.54) is 0 Å². The Morgan fingerprint density at radius 3 is 2.47 bits per heavy atom. The molecule has 0 saturated carbocycles. The van der Waals surface area contributed by atoms with Crippen molar-refractivity contribution >= 4 is 5.82 Å². The Hall–Kier alpha value is -3.16. The SMILES string of the molecule is COc1cc(CNCCc2ccccn2)cc(CN2CCN(c3ccccn3)CC2)c1O. The topological polar surface area (TPSA) is 73.8 Å². The van der Waals surface area contributed by atoms with Gasteiger partial charge >= 0.3 is 0 Å². The van der Waals surface area contributed by atoms with Gasteiger partial charge in [-0.1, -0.05) is 12.1 Å². The predicted octanol–water partition coefficient (Wildman–Crippen LogP) is 2.85. The van der Waals surface area contributed by atoms with E-state index in [0.29, 0.717) is 18.8 Å². The second kappa shape index (κ2) is 10.9. The van der Waals surface area contributed by atoms with E-state index in [9.17, 15) is 5.11 Å². The van der Waals surface area contributed by atoms with Crippen LogP contribution < -0.4 is 15.0 Å². The minimum Gasteiger partial charge on any atom is -0.504 e. The van der Waals surface area contributed by atoms with Crippen molar-refractivity contribution in [1.82, 2.24) is 20.2 Å². The number of aromatic hydroxyl groups is 1. The summed E-state index contributed by atoms with van der Waals surface area (Å²) in [6.45, 7) is 5.93. The highest BCUT2D eigenvalue weighted by molar-refractivity contribution is 5.48. The fraction of sp³-hybridized carbons (Fsp3) is 0.360. The Bertz CT molecular complexity index is 976. The van der Waals surface area contributed by atoms with Crippen LogP contribution in [0, 0.1) is 0 Å². The minimum atomic E-state index is 0.233. The number of rotatable bonds is 9. The molecule has 32 heavy (non-hydrogen) atoms. The van der Waals surface area contributed by atoms with Crippen LogP contribution in [-0.4, -0.2) is 59.8 Å². The van der Waals surface area contributed by atoms with E-state index in [-0.39, 0.29) is 5.75 Å². The molecule has 7 heteroatoms. The zero-order valence-corrected chi connectivity index (χ0v) is 18.6. The number of benzene rings is 1. The molecule has 4 rings (SSSR count). The van der Waals surface area contributed by atoms with Gasteiger partial charge in [0.2, 0.25) is 0 Å². The zero-order chi connectivity index (χ0) is 22.2. The lowest BCUT2D eigenvalue weighted by atomic mass is 10.1. The van der Waals surface area contributed by atoms with Crippen molar-refractivity contribution in [2.75, 3.05) is 44.7 Å². The van der Waals surface area contributed by atoms with E-state index in [0.717, 1.165) is 61.8 Å². The molecule has 1 aliphatic heterocycles. The van der Waals surface area contributed by atoms with Crippen LogP contribution in [0.4, 0.5) is 5.82 Å². The average molecular weight is 434 g/mol. The first-order valence-corrected chi connectivity index (χ1v) is 11.1. The van der Waals surface area contributed by atoms with Crippen LogP contribution in [0.3, 0.4) is 0 Å². The number of anilines is 1. The molecule has 1 fully saturated rings. The number of hydrogen-bond donors (Lipinski definition) is 2. The summed E-state index contributed by atoms with van der Waals surface area (Å²) < 4.78 is 5.44. The summed E-state index contributed by atoms with van der Waals surface area (Å²) in [6.07, 6.45) is 4.54. The molecule has 0 atom stereocenters. The highest BCUT2D eigenvalue weighted by Crippen LogP contribution is 2.32. The third kappa shape index (κ3) is 5.75. The van der Waals surface area contributed by atoms with E-state index in [2.05, 4.69) is 37.2 Å². The van der Waals surface area contributed by atoms with Crippen LogP contribution in [0.5, 0.6) is 11.5 Å². The molecule has 2 aromatic heterocycles. The number of nitrogens with zero attached hydrogens (tertiary/aromatic N) is 4. The molecule has 1 aromatic carbocycles. The molecular weight excluding hydrogens is 402 g/mol. The first-order chi connectivity index (χ1) is 15.7. The minimum absolute atomic E-state index is 0.233. The normalized spacial score (nSPS) is 14.5. The quantitative estimate of drug-likeness (QED) is 0.503. The number of nitrogens with one attached hydrogen (secondary N) is 1. The predicted molar refractivity (Wildman–Crippen MR) is 126 cm³/mol. The van der Waals surface area contributed by atoms with E-state index in [4.69, 9.17) is 4.74 Å². The fourth-order valence-corrected chi connectivity index (χ4v) is 4.02. The van der Waals surface area contributed by atoms with Crippen LogP contribution in [0.2, 0.25) is 0 Å². The standard InChI is InChI=1S/C25H31N5O2/c1-32-23-17-20(18-26-11-8-22-6-2-4-9-27-22)16-21(25(23)31)19-29-12-14-30(15-13-29)24-7-3-5-10-28-24/h2-7,9-10,16-17,26,31H,8,11-15,18-19H2,1H3. The maximum atomic E-state index is 10.7. The van der Waals surface area contributed by atoms with Gasteiger partial charge in [0, 0.05) is 75.9 Å². The van der Waals surface area contributed by atoms with Crippen molar-refractivity contribution in [1.29, 1.82) is 0 Å². The molecule has 1 aliphatic rings. The number of aromatic nitrogens is 2. The summed E-state index contributed by atoms with van der Waals surface area (Å²) in [5.41, 5.74) is 3.08. The second-order valence-corrected chi connectivity index (χ2v) is 8.00. The number of pyridine rings is 2. The van der Waals surface area contributed by atoms with Crippen LogP contribution in [0.15, 0.2) is 60.9 Å². The molecule has 0 spiro atoms. The molecule has 168 valence electrons. The van der Waals surface area contributed by atoms with Crippen LogP contribution in [0.1, 0.15) is 16.8 Å². The van der Waals surface area contributed by atoms with Gasteiger partial charge in [-0.05, 0) is 42.0 Å². The molecule has 3 heterocycles. The highest BCUT2D eigenvalue weighted by atomic mass is 16.5. The molecule has 0 aliphatic carbocycles. The monoisotopic (exact) mass is 433 g/mol. The lowest BCUT2D eigenvalue weighted by molar-refractivity contribution is 0.245. The summed E-state index contributed by atoms with van der Waals surface area (Å²) >= 11 is 0. The summed E-state index contributed by atoms with van der Waals surface area (Å²) in [4.78, 5) is 13.5.